The predicted octanol–water partition coefficient (Wildman–Crippen LogP) is 2.41. The summed E-state index contributed by atoms with van der Waals surface area (Å²) < 4.78 is 6.81. The van der Waals surface area contributed by atoms with Crippen molar-refractivity contribution in [2.24, 2.45) is 5.92 Å². The molecule has 1 amide bonds. The molecule has 8 heteroatoms. The van der Waals surface area contributed by atoms with Gasteiger partial charge in [0.05, 0.1) is 18.6 Å². The number of aromatic nitrogens is 4. The quantitative estimate of drug-likeness (QED) is 0.672. The molecule has 1 aliphatic rings. The second-order valence-corrected chi connectivity index (χ2v) is 7.47. The fourth-order valence-electron chi connectivity index (χ4n) is 2.60. The Kier molecular flexibility index (Phi) is 5.57. The molecule has 0 spiro atoms. The second kappa shape index (κ2) is 7.86. The lowest BCUT2D eigenvalue weighted by Gasteiger charge is -2.24. The largest absolute Gasteiger partial charge is 0.497 e. The molecule has 1 fully saturated rings. The zero-order chi connectivity index (χ0) is 17.8. The zero-order valence-corrected chi connectivity index (χ0v) is 15.6. The van der Waals surface area contributed by atoms with Crippen molar-refractivity contribution in [3.63, 3.8) is 0 Å². The van der Waals surface area contributed by atoms with Crippen LogP contribution in [0.2, 0.25) is 0 Å². The highest BCUT2D eigenvalue weighted by atomic mass is 32.2. The van der Waals surface area contributed by atoms with Gasteiger partial charge >= 0.3 is 0 Å². The molecule has 1 aromatic carbocycles. The highest BCUT2D eigenvalue weighted by Crippen LogP contribution is 2.29. The maximum atomic E-state index is 12.6. The van der Waals surface area contributed by atoms with E-state index in [1.165, 1.54) is 11.8 Å². The van der Waals surface area contributed by atoms with Crippen molar-refractivity contribution in [3.05, 3.63) is 24.3 Å². The molecule has 1 aliphatic carbocycles. The molecule has 7 nitrogen and oxygen atoms in total. The maximum absolute atomic E-state index is 12.6. The second-order valence-electron chi connectivity index (χ2n) is 6.53. The average Bonchev–Trinajstić information content (AvgIpc) is 3.35. The molecule has 2 aromatic rings. The minimum absolute atomic E-state index is 0.158. The summed E-state index contributed by atoms with van der Waals surface area (Å²) in [7, 11) is 1.63. The van der Waals surface area contributed by atoms with Crippen molar-refractivity contribution < 1.29 is 9.53 Å². The lowest BCUT2D eigenvalue weighted by atomic mass is 10.2. The SMILES string of the molecule is COc1ccc(-n2nnnc2SCC(=O)N(CC(C)C)C2CC2)cc1. The normalized spacial score (nSPS) is 13.9. The Morgan fingerprint density at radius 3 is 2.68 bits per heavy atom. The molecular weight excluding hydrogens is 338 g/mol. The summed E-state index contributed by atoms with van der Waals surface area (Å²) in [5.74, 6) is 1.75. The standard InChI is InChI=1S/C17H23N5O2S/c1-12(2)10-21(13-4-5-13)16(23)11-25-17-18-19-20-22(17)14-6-8-15(24-3)9-7-14/h6-9,12-13H,4-5,10-11H2,1-3H3. The first-order valence-corrected chi connectivity index (χ1v) is 9.42. The molecule has 0 bridgehead atoms. The number of rotatable bonds is 8. The minimum atomic E-state index is 0.158. The highest BCUT2D eigenvalue weighted by molar-refractivity contribution is 7.99. The van der Waals surface area contributed by atoms with Gasteiger partial charge in [-0.3, -0.25) is 4.79 Å². The average molecular weight is 361 g/mol. The van der Waals surface area contributed by atoms with Crippen LogP contribution in [0.3, 0.4) is 0 Å². The monoisotopic (exact) mass is 361 g/mol. The third kappa shape index (κ3) is 4.50. The van der Waals surface area contributed by atoms with Crippen molar-refractivity contribution in [1.29, 1.82) is 0 Å². The number of amides is 1. The van der Waals surface area contributed by atoms with E-state index in [1.807, 2.05) is 29.2 Å². The van der Waals surface area contributed by atoms with E-state index < -0.39 is 0 Å². The van der Waals surface area contributed by atoms with Crippen LogP contribution in [0.1, 0.15) is 26.7 Å². The van der Waals surface area contributed by atoms with Crippen LogP contribution >= 0.6 is 11.8 Å². The van der Waals surface area contributed by atoms with Gasteiger partial charge in [-0.05, 0) is 53.5 Å². The summed E-state index contributed by atoms with van der Waals surface area (Å²) >= 11 is 1.37. The lowest BCUT2D eigenvalue weighted by molar-refractivity contribution is -0.129. The van der Waals surface area contributed by atoms with Crippen molar-refractivity contribution in [2.45, 2.75) is 37.9 Å². The number of tetrazole rings is 1. The summed E-state index contributed by atoms with van der Waals surface area (Å²) in [5, 5.41) is 12.4. The van der Waals surface area contributed by atoms with Crippen LogP contribution in [0.4, 0.5) is 0 Å². The van der Waals surface area contributed by atoms with Crippen LogP contribution < -0.4 is 4.74 Å². The van der Waals surface area contributed by atoms with Gasteiger partial charge in [0.1, 0.15) is 5.75 Å². The summed E-state index contributed by atoms with van der Waals surface area (Å²) in [4.78, 5) is 14.6. The van der Waals surface area contributed by atoms with E-state index in [9.17, 15) is 4.79 Å². The van der Waals surface area contributed by atoms with Crippen LogP contribution in [-0.4, -0.2) is 56.5 Å². The van der Waals surface area contributed by atoms with Gasteiger partial charge < -0.3 is 9.64 Å². The molecule has 1 saturated carbocycles. The zero-order valence-electron chi connectivity index (χ0n) is 14.8. The number of nitrogens with zero attached hydrogens (tertiary/aromatic N) is 5. The number of ether oxygens (including phenoxy) is 1. The number of benzene rings is 1. The van der Waals surface area contributed by atoms with Gasteiger partial charge in [-0.25, -0.2) is 0 Å². The van der Waals surface area contributed by atoms with Crippen LogP contribution in [0, 0.1) is 5.92 Å². The van der Waals surface area contributed by atoms with Crippen LogP contribution in [0.5, 0.6) is 5.75 Å². The molecule has 25 heavy (non-hydrogen) atoms. The fraction of sp³-hybridized carbons (Fsp3) is 0.529. The molecule has 0 atom stereocenters. The number of thioether (sulfide) groups is 1. The smallest absolute Gasteiger partial charge is 0.233 e. The van der Waals surface area contributed by atoms with E-state index in [-0.39, 0.29) is 5.91 Å². The number of carbonyl (C=O) groups excluding carboxylic acids is 1. The fourth-order valence-corrected chi connectivity index (χ4v) is 3.37. The minimum Gasteiger partial charge on any atom is -0.497 e. The molecule has 0 saturated heterocycles. The van der Waals surface area contributed by atoms with Crippen molar-refractivity contribution in [1.82, 2.24) is 25.1 Å². The van der Waals surface area contributed by atoms with Crippen molar-refractivity contribution in [2.75, 3.05) is 19.4 Å². The van der Waals surface area contributed by atoms with Gasteiger partial charge in [0.2, 0.25) is 11.1 Å². The van der Waals surface area contributed by atoms with Crippen LogP contribution in [0.25, 0.3) is 5.69 Å². The summed E-state index contributed by atoms with van der Waals surface area (Å²) in [6.07, 6.45) is 2.24. The summed E-state index contributed by atoms with van der Waals surface area (Å²) in [6.45, 7) is 5.09. The molecule has 1 aromatic heterocycles. The van der Waals surface area contributed by atoms with Crippen LogP contribution in [0.15, 0.2) is 29.4 Å². The van der Waals surface area contributed by atoms with Gasteiger partial charge in [-0.2, -0.15) is 4.68 Å². The van der Waals surface area contributed by atoms with E-state index in [2.05, 4.69) is 29.4 Å². The number of hydrogen-bond acceptors (Lipinski definition) is 6. The van der Waals surface area contributed by atoms with Crippen molar-refractivity contribution in [3.8, 4) is 11.4 Å². The molecule has 0 aliphatic heterocycles. The number of hydrogen-bond donors (Lipinski definition) is 0. The molecule has 0 radical (unpaired) electrons. The Morgan fingerprint density at radius 1 is 1.36 bits per heavy atom. The molecule has 134 valence electrons. The third-order valence-corrected chi connectivity index (χ3v) is 4.86. The predicted molar refractivity (Wildman–Crippen MR) is 96.0 cm³/mol. The Hall–Kier alpha value is -2.09. The van der Waals surface area contributed by atoms with Gasteiger partial charge in [-0.1, -0.05) is 25.6 Å². The Balaban J connectivity index is 1.65. The first-order chi connectivity index (χ1) is 12.1. The van der Waals surface area contributed by atoms with Gasteiger partial charge in [0, 0.05) is 12.6 Å². The molecule has 3 rings (SSSR count). The van der Waals surface area contributed by atoms with E-state index in [1.54, 1.807) is 11.8 Å². The number of carbonyl (C=O) groups is 1. The summed E-state index contributed by atoms with van der Waals surface area (Å²) in [5.41, 5.74) is 0.835. The van der Waals surface area contributed by atoms with Crippen molar-refractivity contribution >= 4 is 17.7 Å². The van der Waals surface area contributed by atoms with Gasteiger partial charge in [0.15, 0.2) is 0 Å². The van der Waals surface area contributed by atoms with Gasteiger partial charge in [0.25, 0.3) is 0 Å². The molecule has 1 heterocycles. The Morgan fingerprint density at radius 2 is 2.08 bits per heavy atom. The Bertz CT molecular complexity index is 712. The van der Waals surface area contributed by atoms with E-state index in [4.69, 9.17) is 4.74 Å². The van der Waals surface area contributed by atoms with E-state index >= 15 is 0 Å². The third-order valence-electron chi connectivity index (χ3n) is 3.95. The molecule has 0 N–H and O–H groups in total. The molecular formula is C17H23N5O2S. The van der Waals surface area contributed by atoms with E-state index in [0.29, 0.717) is 22.9 Å². The van der Waals surface area contributed by atoms with Gasteiger partial charge in [-0.15, -0.1) is 5.10 Å². The lowest BCUT2D eigenvalue weighted by Crippen LogP contribution is -2.37. The topological polar surface area (TPSA) is 73.1 Å². The highest BCUT2D eigenvalue weighted by Gasteiger charge is 2.32. The first kappa shape index (κ1) is 17.7. The van der Waals surface area contributed by atoms with E-state index in [0.717, 1.165) is 30.8 Å². The van der Waals surface area contributed by atoms with Crippen LogP contribution in [-0.2, 0) is 4.79 Å². The molecule has 0 unspecified atom stereocenters. The first-order valence-electron chi connectivity index (χ1n) is 8.43. The number of methoxy groups -OCH3 is 1. The Labute approximate surface area is 151 Å². The summed E-state index contributed by atoms with van der Waals surface area (Å²) in [6, 6.07) is 7.91. The maximum Gasteiger partial charge on any atom is 0.233 e.